The average Bonchev–Trinajstić information content (AvgIpc) is 2.47. The lowest BCUT2D eigenvalue weighted by Crippen LogP contribution is -2.36. The van der Waals surface area contributed by atoms with Gasteiger partial charge in [0.15, 0.2) is 0 Å². The third-order valence-electron chi connectivity index (χ3n) is 2.32. The highest BCUT2D eigenvalue weighted by atomic mass is 16.2. The van der Waals surface area contributed by atoms with Gasteiger partial charge in [-0.2, -0.15) is 0 Å². The molecule has 0 aliphatic rings. The predicted octanol–water partition coefficient (Wildman–Crippen LogP) is -0.423. The molecular weight excluding hydrogens is 288 g/mol. The zero-order valence-electron chi connectivity index (χ0n) is 14.7. The minimum absolute atomic E-state index is 0.00463. The quantitative estimate of drug-likeness (QED) is 0.716. The lowest BCUT2D eigenvalue weighted by molar-refractivity contribution is -0.134. The van der Waals surface area contributed by atoms with Crippen LogP contribution in [0.3, 0.4) is 0 Å². The maximum atomic E-state index is 10.9. The molecule has 0 aliphatic carbocycles. The molecule has 0 bridgehead atoms. The molecule has 4 amide bonds. The summed E-state index contributed by atoms with van der Waals surface area (Å²) in [7, 11) is 4.68. The van der Waals surface area contributed by atoms with Gasteiger partial charge in [-0.15, -0.1) is 0 Å². The van der Waals surface area contributed by atoms with E-state index >= 15 is 0 Å². The summed E-state index contributed by atoms with van der Waals surface area (Å²) < 4.78 is 0. The molecule has 0 atom stereocenters. The van der Waals surface area contributed by atoms with E-state index in [0.29, 0.717) is 6.42 Å². The van der Waals surface area contributed by atoms with Gasteiger partial charge in [-0.05, 0) is 0 Å². The average molecular weight is 318 g/mol. The number of nitrogens with two attached hydrogens (primary N) is 1. The normalized spacial score (nSPS) is 8.32. The van der Waals surface area contributed by atoms with E-state index in [0.717, 1.165) is 0 Å². The van der Waals surface area contributed by atoms with Crippen LogP contribution in [-0.4, -0.2) is 67.7 Å². The first-order valence-electron chi connectivity index (χ1n) is 7.10. The molecule has 0 aromatic rings. The van der Waals surface area contributed by atoms with Gasteiger partial charge >= 0.3 is 0 Å². The Morgan fingerprint density at radius 3 is 1.68 bits per heavy atom. The van der Waals surface area contributed by atoms with Crippen molar-refractivity contribution < 1.29 is 19.2 Å². The van der Waals surface area contributed by atoms with Gasteiger partial charge in [0, 0.05) is 34.5 Å². The summed E-state index contributed by atoms with van der Waals surface area (Å²) in [5.74, 6) is -0.815. The van der Waals surface area contributed by atoms with E-state index in [1.165, 1.54) is 23.8 Å². The van der Waals surface area contributed by atoms with Crippen molar-refractivity contribution in [2.24, 2.45) is 5.73 Å². The second-order valence-corrected chi connectivity index (χ2v) is 4.12. The molecule has 8 nitrogen and oxygen atoms in total. The Labute approximate surface area is 133 Å². The molecule has 0 heterocycles. The molecule has 0 aromatic carbocycles. The fourth-order valence-electron chi connectivity index (χ4n) is 0.998. The Balaban J connectivity index is -0.000000299. The molecule has 0 saturated carbocycles. The van der Waals surface area contributed by atoms with E-state index in [1.54, 1.807) is 21.0 Å². The predicted molar refractivity (Wildman–Crippen MR) is 85.8 cm³/mol. The Bertz CT molecular complexity index is 359. The summed E-state index contributed by atoms with van der Waals surface area (Å²) in [5.41, 5.74) is 4.80. The van der Waals surface area contributed by atoms with E-state index < -0.39 is 5.91 Å². The number of likely N-dealkylation sites (N-methyl/N-ethyl adjacent to an activating group) is 3. The van der Waals surface area contributed by atoms with E-state index in [1.807, 2.05) is 13.8 Å². The SMILES string of the molecule is CC.CC(=O)N(C)CC(N)=O.CCC(=O)N(C)CC(=O)NC. The molecule has 3 N–H and O–H groups in total. The van der Waals surface area contributed by atoms with Crippen molar-refractivity contribution in [2.75, 3.05) is 34.2 Å². The Kier molecular flexibility index (Phi) is 17.3. The van der Waals surface area contributed by atoms with Crippen LogP contribution in [-0.2, 0) is 19.2 Å². The van der Waals surface area contributed by atoms with Crippen LogP contribution in [0.4, 0.5) is 0 Å². The van der Waals surface area contributed by atoms with Crippen LogP contribution in [0.25, 0.3) is 0 Å². The van der Waals surface area contributed by atoms with Gasteiger partial charge in [-0.1, -0.05) is 20.8 Å². The fraction of sp³-hybridized carbons (Fsp3) is 0.714. The number of carbonyl (C=O) groups excluding carboxylic acids is 4. The minimum Gasteiger partial charge on any atom is -0.368 e. The molecule has 130 valence electrons. The number of amides is 4. The summed E-state index contributed by atoms with van der Waals surface area (Å²) >= 11 is 0. The van der Waals surface area contributed by atoms with Crippen molar-refractivity contribution in [3.05, 3.63) is 0 Å². The monoisotopic (exact) mass is 318 g/mol. The third-order valence-corrected chi connectivity index (χ3v) is 2.32. The van der Waals surface area contributed by atoms with Crippen molar-refractivity contribution in [2.45, 2.75) is 34.1 Å². The molecule has 0 aromatic heterocycles. The van der Waals surface area contributed by atoms with Gasteiger partial charge in [-0.3, -0.25) is 19.2 Å². The van der Waals surface area contributed by atoms with E-state index in [4.69, 9.17) is 5.73 Å². The van der Waals surface area contributed by atoms with Crippen LogP contribution in [0, 0.1) is 0 Å². The Morgan fingerprint density at radius 1 is 1.00 bits per heavy atom. The first-order valence-corrected chi connectivity index (χ1v) is 7.10. The molecular formula is C14H30N4O4. The van der Waals surface area contributed by atoms with Crippen molar-refractivity contribution in [3.8, 4) is 0 Å². The van der Waals surface area contributed by atoms with Gasteiger partial charge in [-0.25, -0.2) is 0 Å². The first-order chi connectivity index (χ1) is 10.1. The highest BCUT2D eigenvalue weighted by Gasteiger charge is 2.08. The molecule has 0 radical (unpaired) electrons. The standard InChI is InChI=1S/C7H14N2O2.C5H10N2O2.C2H6/c1-4-7(11)9(3)5-6(10)8-2;1-4(8)7(2)3-5(6)9;1-2/h4-5H2,1-3H3,(H,8,10);3H2,1-2H3,(H2,6,9);1-2H3. The largest absolute Gasteiger partial charge is 0.368 e. The lowest BCUT2D eigenvalue weighted by atomic mass is 10.4. The van der Waals surface area contributed by atoms with Crippen LogP contribution in [0.1, 0.15) is 34.1 Å². The van der Waals surface area contributed by atoms with Gasteiger partial charge in [0.1, 0.15) is 0 Å². The molecule has 8 heteroatoms. The summed E-state index contributed by atoms with van der Waals surface area (Å²) in [6.45, 7) is 7.28. The van der Waals surface area contributed by atoms with Gasteiger partial charge in [0.2, 0.25) is 23.6 Å². The zero-order valence-corrected chi connectivity index (χ0v) is 14.7. The minimum atomic E-state index is -0.493. The summed E-state index contributed by atoms with van der Waals surface area (Å²) in [4.78, 5) is 44.8. The van der Waals surface area contributed by atoms with Gasteiger partial charge < -0.3 is 20.9 Å². The smallest absolute Gasteiger partial charge is 0.239 e. The number of nitrogens with one attached hydrogen (secondary N) is 1. The fourth-order valence-corrected chi connectivity index (χ4v) is 0.998. The number of rotatable bonds is 5. The number of hydrogen-bond donors (Lipinski definition) is 2. The van der Waals surface area contributed by atoms with Gasteiger partial charge in [0.25, 0.3) is 0 Å². The molecule has 22 heavy (non-hydrogen) atoms. The highest BCUT2D eigenvalue weighted by molar-refractivity contribution is 5.84. The molecule has 0 unspecified atom stereocenters. The van der Waals surface area contributed by atoms with Crippen LogP contribution in [0.15, 0.2) is 0 Å². The summed E-state index contributed by atoms with van der Waals surface area (Å²) in [5, 5.41) is 2.44. The third kappa shape index (κ3) is 15.9. The van der Waals surface area contributed by atoms with E-state index in [2.05, 4.69) is 5.32 Å². The second-order valence-electron chi connectivity index (χ2n) is 4.12. The van der Waals surface area contributed by atoms with Crippen molar-refractivity contribution >= 4 is 23.6 Å². The number of carbonyl (C=O) groups is 4. The van der Waals surface area contributed by atoms with Crippen molar-refractivity contribution in [1.82, 2.24) is 15.1 Å². The Hall–Kier alpha value is -2.12. The lowest BCUT2D eigenvalue weighted by Gasteiger charge is -2.14. The second kappa shape index (κ2) is 15.3. The molecule has 0 spiro atoms. The number of hydrogen-bond acceptors (Lipinski definition) is 4. The molecule has 0 rings (SSSR count). The number of nitrogens with zero attached hydrogens (tertiary/aromatic N) is 2. The van der Waals surface area contributed by atoms with Crippen LogP contribution in [0.2, 0.25) is 0 Å². The van der Waals surface area contributed by atoms with Crippen LogP contribution >= 0.6 is 0 Å². The summed E-state index contributed by atoms with van der Waals surface area (Å²) in [6.07, 6.45) is 0.438. The van der Waals surface area contributed by atoms with E-state index in [9.17, 15) is 19.2 Å². The van der Waals surface area contributed by atoms with Crippen molar-refractivity contribution in [1.29, 1.82) is 0 Å². The highest BCUT2D eigenvalue weighted by Crippen LogP contribution is 1.87. The Morgan fingerprint density at radius 2 is 1.45 bits per heavy atom. The molecule has 0 fully saturated rings. The first kappa shape index (κ1) is 24.9. The van der Waals surface area contributed by atoms with Crippen LogP contribution in [0.5, 0.6) is 0 Å². The van der Waals surface area contributed by atoms with Crippen LogP contribution < -0.4 is 11.1 Å². The maximum Gasteiger partial charge on any atom is 0.239 e. The molecule has 0 saturated heterocycles. The number of primary amides is 1. The van der Waals surface area contributed by atoms with Crippen molar-refractivity contribution in [3.63, 3.8) is 0 Å². The van der Waals surface area contributed by atoms with E-state index in [-0.39, 0.29) is 30.8 Å². The zero-order chi connectivity index (χ0) is 18.3. The summed E-state index contributed by atoms with van der Waals surface area (Å²) in [6, 6.07) is 0. The molecule has 0 aliphatic heterocycles. The van der Waals surface area contributed by atoms with Gasteiger partial charge in [0.05, 0.1) is 13.1 Å². The maximum absolute atomic E-state index is 10.9. The topological polar surface area (TPSA) is 113 Å².